The summed E-state index contributed by atoms with van der Waals surface area (Å²) in [5, 5.41) is 9.91. The molecular weight excluding hydrogens is 263 g/mol. The van der Waals surface area contributed by atoms with E-state index in [-0.39, 0.29) is 12.5 Å². The number of pyridine rings is 1. The third kappa shape index (κ3) is 3.16. The molecule has 0 radical (unpaired) electrons. The van der Waals surface area contributed by atoms with Crippen LogP contribution in [0.5, 0.6) is 0 Å². The van der Waals surface area contributed by atoms with Crippen LogP contribution in [0.15, 0.2) is 23.0 Å². The maximum absolute atomic E-state index is 12.8. The van der Waals surface area contributed by atoms with E-state index in [4.69, 9.17) is 4.74 Å². The Morgan fingerprint density at radius 1 is 1.47 bits per heavy atom. The van der Waals surface area contributed by atoms with Gasteiger partial charge in [0.1, 0.15) is 5.69 Å². The zero-order chi connectivity index (χ0) is 14.0. The first kappa shape index (κ1) is 14.1. The SMILES string of the molecule is O=c1cccc(C(F)(F)F)n1CC(O)C1CCOC1. The lowest BCUT2D eigenvalue weighted by Crippen LogP contribution is -2.35. The van der Waals surface area contributed by atoms with Gasteiger partial charge < -0.3 is 14.4 Å². The lowest BCUT2D eigenvalue weighted by atomic mass is 10.0. The van der Waals surface area contributed by atoms with Crippen LogP contribution >= 0.6 is 0 Å². The first-order valence-corrected chi connectivity index (χ1v) is 5.92. The quantitative estimate of drug-likeness (QED) is 0.905. The molecule has 2 atom stereocenters. The molecule has 0 amide bonds. The molecule has 2 rings (SSSR count). The predicted molar refractivity (Wildman–Crippen MR) is 60.6 cm³/mol. The summed E-state index contributed by atoms with van der Waals surface area (Å²) in [7, 11) is 0. The standard InChI is InChI=1S/C12H14F3NO3/c13-12(14,15)10-2-1-3-11(18)16(10)6-9(17)8-4-5-19-7-8/h1-3,8-9,17H,4-7H2. The van der Waals surface area contributed by atoms with Gasteiger partial charge in [-0.15, -0.1) is 0 Å². The highest BCUT2D eigenvalue weighted by Gasteiger charge is 2.35. The van der Waals surface area contributed by atoms with Crippen LogP contribution in [0.3, 0.4) is 0 Å². The normalized spacial score (nSPS) is 21.6. The molecule has 19 heavy (non-hydrogen) atoms. The molecule has 0 saturated carbocycles. The molecule has 1 saturated heterocycles. The summed E-state index contributed by atoms with van der Waals surface area (Å²) in [6, 6.07) is 2.94. The lowest BCUT2D eigenvalue weighted by molar-refractivity contribution is -0.145. The van der Waals surface area contributed by atoms with Crippen molar-refractivity contribution in [1.82, 2.24) is 4.57 Å². The second-order valence-corrected chi connectivity index (χ2v) is 4.55. The minimum atomic E-state index is -4.62. The van der Waals surface area contributed by atoms with Crippen LogP contribution in [0.2, 0.25) is 0 Å². The molecule has 1 aromatic rings. The molecule has 1 N–H and O–H groups in total. The Morgan fingerprint density at radius 3 is 2.79 bits per heavy atom. The third-order valence-electron chi connectivity index (χ3n) is 3.22. The van der Waals surface area contributed by atoms with Gasteiger partial charge in [-0.3, -0.25) is 4.79 Å². The van der Waals surface area contributed by atoms with Gasteiger partial charge in [-0.2, -0.15) is 13.2 Å². The molecule has 1 aromatic heterocycles. The Bertz CT molecular complexity index is 492. The molecular formula is C12H14F3NO3. The molecule has 1 aliphatic rings. The van der Waals surface area contributed by atoms with Crippen molar-refractivity contribution in [2.24, 2.45) is 5.92 Å². The number of alkyl halides is 3. The summed E-state index contributed by atoms with van der Waals surface area (Å²) in [4.78, 5) is 11.6. The van der Waals surface area contributed by atoms with Gasteiger partial charge in [0.2, 0.25) is 0 Å². The van der Waals surface area contributed by atoms with Crippen molar-refractivity contribution in [2.45, 2.75) is 25.2 Å². The molecule has 106 valence electrons. The lowest BCUT2D eigenvalue weighted by Gasteiger charge is -2.21. The fourth-order valence-corrected chi connectivity index (χ4v) is 2.15. The first-order valence-electron chi connectivity index (χ1n) is 5.92. The van der Waals surface area contributed by atoms with Gasteiger partial charge in [-0.1, -0.05) is 6.07 Å². The number of halogens is 3. The largest absolute Gasteiger partial charge is 0.431 e. The van der Waals surface area contributed by atoms with Gasteiger partial charge in [0.15, 0.2) is 0 Å². The second-order valence-electron chi connectivity index (χ2n) is 4.55. The van der Waals surface area contributed by atoms with Crippen LogP contribution < -0.4 is 5.56 Å². The number of hydrogen-bond donors (Lipinski definition) is 1. The van der Waals surface area contributed by atoms with E-state index in [0.717, 1.165) is 18.2 Å². The molecule has 4 nitrogen and oxygen atoms in total. The van der Waals surface area contributed by atoms with Crippen LogP contribution in [-0.2, 0) is 17.5 Å². The average molecular weight is 277 g/mol. The predicted octanol–water partition coefficient (Wildman–Crippen LogP) is 1.26. The molecule has 2 unspecified atom stereocenters. The molecule has 0 aliphatic carbocycles. The van der Waals surface area contributed by atoms with E-state index in [0.29, 0.717) is 24.2 Å². The van der Waals surface area contributed by atoms with Gasteiger partial charge in [0.25, 0.3) is 5.56 Å². The van der Waals surface area contributed by atoms with E-state index in [9.17, 15) is 23.1 Å². The minimum Gasteiger partial charge on any atom is -0.391 e. The van der Waals surface area contributed by atoms with Crippen LogP contribution in [-0.4, -0.2) is 29.0 Å². The first-order chi connectivity index (χ1) is 8.89. The topological polar surface area (TPSA) is 51.5 Å². The summed E-state index contributed by atoms with van der Waals surface area (Å²) in [6.07, 6.45) is -5.06. The van der Waals surface area contributed by atoms with Gasteiger partial charge in [0.05, 0.1) is 19.3 Å². The van der Waals surface area contributed by atoms with Gasteiger partial charge in [-0.25, -0.2) is 0 Å². The molecule has 2 heterocycles. The number of nitrogens with zero attached hydrogens (tertiary/aromatic N) is 1. The van der Waals surface area contributed by atoms with Crippen LogP contribution in [0.25, 0.3) is 0 Å². The molecule has 7 heteroatoms. The van der Waals surface area contributed by atoms with E-state index in [1.807, 2.05) is 0 Å². The fourth-order valence-electron chi connectivity index (χ4n) is 2.15. The molecule has 0 bridgehead atoms. The maximum atomic E-state index is 12.8. The van der Waals surface area contributed by atoms with Crippen LogP contribution in [0, 0.1) is 5.92 Å². The molecule has 0 aromatic carbocycles. The summed E-state index contributed by atoms with van der Waals surface area (Å²) in [6.45, 7) is 0.421. The van der Waals surface area contributed by atoms with Crippen molar-refractivity contribution >= 4 is 0 Å². The van der Waals surface area contributed by atoms with E-state index in [1.165, 1.54) is 0 Å². The number of aliphatic hydroxyl groups excluding tert-OH is 1. The highest BCUT2D eigenvalue weighted by atomic mass is 19.4. The Balaban J connectivity index is 2.26. The highest BCUT2D eigenvalue weighted by Crippen LogP contribution is 2.28. The van der Waals surface area contributed by atoms with Crippen molar-refractivity contribution < 1.29 is 23.0 Å². The maximum Gasteiger partial charge on any atom is 0.431 e. The number of aliphatic hydroxyl groups is 1. The summed E-state index contributed by atoms with van der Waals surface area (Å²) < 4.78 is 44.0. The number of aromatic nitrogens is 1. The third-order valence-corrected chi connectivity index (χ3v) is 3.22. The second kappa shape index (κ2) is 5.34. The highest BCUT2D eigenvalue weighted by molar-refractivity contribution is 5.10. The van der Waals surface area contributed by atoms with Crippen molar-refractivity contribution in [3.63, 3.8) is 0 Å². The van der Waals surface area contributed by atoms with E-state index >= 15 is 0 Å². The number of hydrogen-bond acceptors (Lipinski definition) is 3. The minimum absolute atomic E-state index is 0.229. The van der Waals surface area contributed by atoms with Crippen molar-refractivity contribution in [3.8, 4) is 0 Å². The van der Waals surface area contributed by atoms with Crippen molar-refractivity contribution in [3.05, 3.63) is 34.2 Å². The van der Waals surface area contributed by atoms with Crippen molar-refractivity contribution in [2.75, 3.05) is 13.2 Å². The van der Waals surface area contributed by atoms with Gasteiger partial charge in [-0.05, 0) is 12.5 Å². The summed E-state index contributed by atoms with van der Waals surface area (Å²) in [5.41, 5.74) is -1.81. The monoisotopic (exact) mass is 277 g/mol. The number of ether oxygens (including phenoxy) is 1. The average Bonchev–Trinajstić information content (AvgIpc) is 2.83. The smallest absolute Gasteiger partial charge is 0.391 e. The van der Waals surface area contributed by atoms with E-state index in [1.54, 1.807) is 0 Å². The van der Waals surface area contributed by atoms with Gasteiger partial charge >= 0.3 is 6.18 Å². The zero-order valence-electron chi connectivity index (χ0n) is 10.1. The molecule has 1 fully saturated rings. The Hall–Kier alpha value is -1.34. The van der Waals surface area contributed by atoms with Crippen LogP contribution in [0.1, 0.15) is 12.1 Å². The van der Waals surface area contributed by atoms with Crippen LogP contribution in [0.4, 0.5) is 13.2 Å². The molecule has 0 spiro atoms. The van der Waals surface area contributed by atoms with E-state index < -0.39 is 23.5 Å². The van der Waals surface area contributed by atoms with Crippen molar-refractivity contribution in [1.29, 1.82) is 0 Å². The number of rotatable bonds is 3. The fraction of sp³-hybridized carbons (Fsp3) is 0.583. The summed E-state index contributed by atoms with van der Waals surface area (Å²) >= 11 is 0. The Labute approximate surface area is 107 Å². The zero-order valence-corrected chi connectivity index (χ0v) is 10.1. The van der Waals surface area contributed by atoms with Gasteiger partial charge in [0, 0.05) is 18.6 Å². The molecule has 1 aliphatic heterocycles. The Kier molecular flexibility index (Phi) is 3.96. The van der Waals surface area contributed by atoms with E-state index in [2.05, 4.69) is 0 Å². The Morgan fingerprint density at radius 2 is 2.21 bits per heavy atom. The summed E-state index contributed by atoms with van der Waals surface area (Å²) in [5.74, 6) is -0.229.